The highest BCUT2D eigenvalue weighted by molar-refractivity contribution is 5.98. The third-order valence-electron chi connectivity index (χ3n) is 4.78. The smallest absolute Gasteiger partial charge is 0.270 e. The van der Waals surface area contributed by atoms with Gasteiger partial charge in [-0.15, -0.1) is 0 Å². The number of hydrogen-bond donors (Lipinski definition) is 1. The van der Waals surface area contributed by atoms with Crippen LogP contribution in [0.3, 0.4) is 0 Å². The summed E-state index contributed by atoms with van der Waals surface area (Å²) in [5.41, 5.74) is 0.656. The molecule has 0 unspecified atom stereocenters. The maximum absolute atomic E-state index is 12.9. The number of amides is 2. The van der Waals surface area contributed by atoms with E-state index in [0.29, 0.717) is 37.5 Å². The highest BCUT2D eigenvalue weighted by atomic mass is 16.3. The lowest BCUT2D eigenvalue weighted by atomic mass is 10.1. The number of rotatable bonds is 5. The van der Waals surface area contributed by atoms with Crippen molar-refractivity contribution in [2.45, 2.75) is 6.54 Å². The Morgan fingerprint density at radius 1 is 1.00 bits per heavy atom. The summed E-state index contributed by atoms with van der Waals surface area (Å²) < 4.78 is 5.20. The molecule has 3 aromatic rings. The molecule has 0 bridgehead atoms. The van der Waals surface area contributed by atoms with Gasteiger partial charge in [0, 0.05) is 44.1 Å². The lowest BCUT2D eigenvalue weighted by Crippen LogP contribution is -2.49. The summed E-state index contributed by atoms with van der Waals surface area (Å²) in [6, 6.07) is 12.5. The number of carbonyl (C=O) groups excluding carboxylic acids is 2. The van der Waals surface area contributed by atoms with E-state index < -0.39 is 0 Å². The van der Waals surface area contributed by atoms with Gasteiger partial charge in [-0.2, -0.15) is 0 Å². The van der Waals surface area contributed by atoms with Crippen molar-refractivity contribution in [3.63, 3.8) is 0 Å². The third-order valence-corrected chi connectivity index (χ3v) is 4.78. The van der Waals surface area contributed by atoms with E-state index in [0.717, 1.165) is 5.82 Å². The van der Waals surface area contributed by atoms with Crippen molar-refractivity contribution < 1.29 is 14.0 Å². The maximum Gasteiger partial charge on any atom is 0.270 e. The molecule has 148 valence electrons. The highest BCUT2D eigenvalue weighted by Crippen LogP contribution is 2.15. The van der Waals surface area contributed by atoms with E-state index in [2.05, 4.69) is 20.2 Å². The van der Waals surface area contributed by atoms with Gasteiger partial charge in [0.25, 0.3) is 11.8 Å². The van der Waals surface area contributed by atoms with Gasteiger partial charge >= 0.3 is 0 Å². The van der Waals surface area contributed by atoms with Crippen molar-refractivity contribution in [2.24, 2.45) is 0 Å². The second-order valence-corrected chi connectivity index (χ2v) is 6.66. The third kappa shape index (κ3) is 4.43. The van der Waals surface area contributed by atoms with Gasteiger partial charge in [0.15, 0.2) is 0 Å². The molecule has 0 aliphatic carbocycles. The molecule has 0 aromatic carbocycles. The fraction of sp³-hybridized carbons (Fsp3) is 0.238. The second-order valence-electron chi connectivity index (χ2n) is 6.66. The van der Waals surface area contributed by atoms with Crippen LogP contribution in [-0.4, -0.2) is 52.9 Å². The van der Waals surface area contributed by atoms with Crippen LogP contribution >= 0.6 is 0 Å². The van der Waals surface area contributed by atoms with Gasteiger partial charge in [-0.25, -0.2) is 4.98 Å². The number of nitrogens with one attached hydrogen (secondary N) is 1. The van der Waals surface area contributed by atoms with Crippen LogP contribution in [0.5, 0.6) is 0 Å². The molecule has 4 rings (SSSR count). The number of pyridine rings is 2. The maximum atomic E-state index is 12.9. The molecule has 8 nitrogen and oxygen atoms in total. The fourth-order valence-electron chi connectivity index (χ4n) is 3.22. The molecule has 1 N–H and O–H groups in total. The first-order chi connectivity index (χ1) is 14.2. The van der Waals surface area contributed by atoms with Gasteiger partial charge < -0.3 is 19.5 Å². The summed E-state index contributed by atoms with van der Waals surface area (Å²) in [5, 5.41) is 2.74. The van der Waals surface area contributed by atoms with Gasteiger partial charge in [0.1, 0.15) is 17.3 Å². The first-order valence-electron chi connectivity index (χ1n) is 9.42. The van der Waals surface area contributed by atoms with E-state index in [-0.39, 0.29) is 24.1 Å². The lowest BCUT2D eigenvalue weighted by molar-refractivity contribution is 0.0746. The van der Waals surface area contributed by atoms with Gasteiger partial charge in [0.2, 0.25) is 0 Å². The number of furan rings is 1. The fourth-order valence-corrected chi connectivity index (χ4v) is 3.22. The van der Waals surface area contributed by atoms with Gasteiger partial charge in [-0.05, 0) is 36.4 Å². The van der Waals surface area contributed by atoms with Crippen LogP contribution in [0.4, 0.5) is 5.82 Å². The Balaban J connectivity index is 1.36. The second kappa shape index (κ2) is 8.55. The molecule has 1 aliphatic rings. The number of aromatic nitrogens is 2. The van der Waals surface area contributed by atoms with Crippen molar-refractivity contribution in [1.29, 1.82) is 0 Å². The Kier molecular flexibility index (Phi) is 5.51. The van der Waals surface area contributed by atoms with Crippen LogP contribution in [0.2, 0.25) is 0 Å². The predicted molar refractivity (Wildman–Crippen MR) is 106 cm³/mol. The molecule has 2 amide bonds. The molecular formula is C21H21N5O3. The van der Waals surface area contributed by atoms with Crippen molar-refractivity contribution in [3.05, 3.63) is 78.1 Å². The zero-order valence-corrected chi connectivity index (χ0v) is 15.8. The van der Waals surface area contributed by atoms with Crippen molar-refractivity contribution in [3.8, 4) is 0 Å². The van der Waals surface area contributed by atoms with Crippen molar-refractivity contribution in [2.75, 3.05) is 31.1 Å². The summed E-state index contributed by atoms with van der Waals surface area (Å²) in [6.45, 7) is 2.88. The zero-order chi connectivity index (χ0) is 20.1. The minimum Gasteiger partial charge on any atom is -0.467 e. The van der Waals surface area contributed by atoms with Gasteiger partial charge in [-0.1, -0.05) is 6.07 Å². The molecule has 1 fully saturated rings. The van der Waals surface area contributed by atoms with Crippen LogP contribution in [-0.2, 0) is 6.54 Å². The largest absolute Gasteiger partial charge is 0.467 e. The van der Waals surface area contributed by atoms with Crippen LogP contribution in [0.25, 0.3) is 0 Å². The zero-order valence-electron chi connectivity index (χ0n) is 15.8. The topological polar surface area (TPSA) is 91.6 Å². The summed E-state index contributed by atoms with van der Waals surface area (Å²) in [5.74, 6) is 1.11. The van der Waals surface area contributed by atoms with E-state index in [1.807, 2.05) is 18.2 Å². The minimum atomic E-state index is -0.351. The summed E-state index contributed by atoms with van der Waals surface area (Å²) in [7, 11) is 0. The molecule has 29 heavy (non-hydrogen) atoms. The standard InChI is InChI=1S/C21H21N5O3/c27-20(24-15-17-4-3-13-29-17)18-14-16(6-8-22-18)21(28)26-11-9-25(10-12-26)19-5-1-2-7-23-19/h1-8,13-14H,9-12,15H2,(H,24,27). The lowest BCUT2D eigenvalue weighted by Gasteiger charge is -2.35. The number of carbonyl (C=O) groups is 2. The van der Waals surface area contributed by atoms with Crippen LogP contribution < -0.4 is 10.2 Å². The molecule has 1 saturated heterocycles. The normalized spacial score (nSPS) is 13.9. The molecular weight excluding hydrogens is 370 g/mol. The Hall–Kier alpha value is -3.68. The molecule has 8 heteroatoms. The number of anilines is 1. The molecule has 1 aliphatic heterocycles. The van der Waals surface area contributed by atoms with E-state index in [9.17, 15) is 9.59 Å². The van der Waals surface area contributed by atoms with Gasteiger partial charge in [0.05, 0.1) is 12.8 Å². The Morgan fingerprint density at radius 2 is 1.86 bits per heavy atom. The predicted octanol–water partition coefficient (Wildman–Crippen LogP) is 1.96. The molecule has 0 saturated carbocycles. The van der Waals surface area contributed by atoms with E-state index >= 15 is 0 Å². The van der Waals surface area contributed by atoms with Gasteiger partial charge in [-0.3, -0.25) is 14.6 Å². The average molecular weight is 391 g/mol. The molecule has 3 aromatic heterocycles. The Morgan fingerprint density at radius 3 is 2.59 bits per heavy atom. The molecule has 0 atom stereocenters. The Labute approximate surface area is 168 Å². The Bertz CT molecular complexity index is 967. The molecule has 0 radical (unpaired) electrons. The van der Waals surface area contributed by atoms with Crippen LogP contribution in [0, 0.1) is 0 Å². The van der Waals surface area contributed by atoms with Crippen LogP contribution in [0.1, 0.15) is 26.6 Å². The van der Waals surface area contributed by atoms with E-state index in [4.69, 9.17) is 4.42 Å². The highest BCUT2D eigenvalue weighted by Gasteiger charge is 2.23. The first kappa shape index (κ1) is 18.7. The van der Waals surface area contributed by atoms with Crippen molar-refractivity contribution in [1.82, 2.24) is 20.2 Å². The first-order valence-corrected chi connectivity index (χ1v) is 9.42. The van der Waals surface area contributed by atoms with E-state index in [1.54, 1.807) is 35.6 Å². The molecule has 0 spiro atoms. The monoisotopic (exact) mass is 391 g/mol. The quantitative estimate of drug-likeness (QED) is 0.715. The van der Waals surface area contributed by atoms with Crippen LogP contribution in [0.15, 0.2) is 65.5 Å². The van der Waals surface area contributed by atoms with E-state index in [1.165, 1.54) is 12.3 Å². The average Bonchev–Trinajstić information content (AvgIpc) is 3.31. The minimum absolute atomic E-state index is 0.104. The summed E-state index contributed by atoms with van der Waals surface area (Å²) in [4.78, 5) is 37.6. The number of nitrogens with zero attached hydrogens (tertiary/aromatic N) is 4. The number of piperazine rings is 1. The molecule has 4 heterocycles. The SMILES string of the molecule is O=C(NCc1ccco1)c1cc(C(=O)N2CCN(c3ccccn3)CC2)ccn1. The summed E-state index contributed by atoms with van der Waals surface area (Å²) >= 11 is 0. The number of hydrogen-bond acceptors (Lipinski definition) is 6. The summed E-state index contributed by atoms with van der Waals surface area (Å²) in [6.07, 6.45) is 4.80. The van der Waals surface area contributed by atoms with Crippen molar-refractivity contribution >= 4 is 17.6 Å².